The van der Waals surface area contributed by atoms with Gasteiger partial charge in [-0.3, -0.25) is 0 Å². The van der Waals surface area contributed by atoms with Crippen molar-refractivity contribution in [2.75, 3.05) is 0 Å². The van der Waals surface area contributed by atoms with E-state index in [-0.39, 0.29) is 0 Å². The second kappa shape index (κ2) is 23.0. The second-order valence-electron chi connectivity index (χ2n) is 15.5. The van der Waals surface area contributed by atoms with Crippen LogP contribution >= 0.6 is 0 Å². The summed E-state index contributed by atoms with van der Waals surface area (Å²) in [4.78, 5) is -4.63. The molecule has 68 heavy (non-hydrogen) atoms. The van der Waals surface area contributed by atoms with Gasteiger partial charge in [-0.1, -0.05) is 24.3 Å². The second-order valence-corrected chi connectivity index (χ2v) is 20.8. The molecule has 0 fully saturated rings. The van der Waals surface area contributed by atoms with Crippen LogP contribution in [0.3, 0.4) is 0 Å². The SMILES string of the molecule is CC[n+]1ccc(C)cc1.CC[n+]1ccc(C)cc1.CC[n+]1ccc(C)cc1.CC[n+]1ccc(C)cc1.O=S(=O)([O-])c1cc(S(=O)(=O)[O-])c2ccc3c(S(=O)(=O)[O-])cc(S(=O)(=O)[O-])c4ccc1c2c43. The minimum Gasteiger partial charge on any atom is -0.744 e. The highest BCUT2D eigenvalue weighted by Gasteiger charge is 2.24. The fourth-order valence-electron chi connectivity index (χ4n) is 6.66. The predicted molar refractivity (Wildman–Crippen MR) is 250 cm³/mol. The van der Waals surface area contributed by atoms with Gasteiger partial charge in [-0.25, -0.2) is 51.9 Å². The van der Waals surface area contributed by atoms with Crippen LogP contribution in [0, 0.1) is 27.7 Å². The van der Waals surface area contributed by atoms with Crippen LogP contribution < -0.4 is 18.3 Å². The Kier molecular flexibility index (Phi) is 18.5. The molecule has 0 unspecified atom stereocenters. The van der Waals surface area contributed by atoms with Crippen molar-refractivity contribution in [2.24, 2.45) is 0 Å². The topological polar surface area (TPSA) is 244 Å². The zero-order valence-electron chi connectivity index (χ0n) is 38.9. The molecule has 8 aromatic rings. The van der Waals surface area contributed by atoms with Crippen molar-refractivity contribution >= 4 is 72.8 Å². The van der Waals surface area contributed by atoms with Gasteiger partial charge in [0, 0.05) is 70.1 Å². The van der Waals surface area contributed by atoms with E-state index in [9.17, 15) is 51.9 Å². The molecule has 0 spiro atoms. The number of aromatic nitrogens is 4. The van der Waals surface area contributed by atoms with Crippen molar-refractivity contribution in [3.05, 3.63) is 157 Å². The zero-order chi connectivity index (χ0) is 50.8. The van der Waals surface area contributed by atoms with E-state index in [4.69, 9.17) is 0 Å². The summed E-state index contributed by atoms with van der Waals surface area (Å²) in [5.41, 5.74) is 5.28. The molecule has 0 aliphatic rings. The Labute approximate surface area is 398 Å². The Morgan fingerprint density at radius 3 is 0.618 bits per heavy atom. The molecule has 4 aromatic heterocycles. The largest absolute Gasteiger partial charge is 0.744 e. The molecule has 4 heterocycles. The molecule has 0 bridgehead atoms. The lowest BCUT2D eigenvalue weighted by Crippen LogP contribution is -2.30. The summed E-state index contributed by atoms with van der Waals surface area (Å²) in [5, 5.41) is -2.90. The molecular formula is C48H54N4O12S4. The summed E-state index contributed by atoms with van der Waals surface area (Å²) >= 11 is 0. The maximum absolute atomic E-state index is 11.8. The van der Waals surface area contributed by atoms with Crippen molar-refractivity contribution in [1.29, 1.82) is 0 Å². The molecule has 0 saturated carbocycles. The van der Waals surface area contributed by atoms with Crippen LogP contribution in [0.1, 0.15) is 49.9 Å². The number of hydrogen-bond acceptors (Lipinski definition) is 12. The lowest BCUT2D eigenvalue weighted by atomic mass is 9.94. The maximum atomic E-state index is 11.8. The monoisotopic (exact) mass is 1010 g/mol. The van der Waals surface area contributed by atoms with Gasteiger partial charge in [-0.2, -0.15) is 0 Å². The normalized spacial score (nSPS) is 11.6. The van der Waals surface area contributed by atoms with Gasteiger partial charge < -0.3 is 18.2 Å². The third-order valence-electron chi connectivity index (χ3n) is 10.5. The number of hydrogen-bond donors (Lipinski definition) is 0. The number of nitrogens with zero attached hydrogens (tertiary/aromatic N) is 4. The first kappa shape index (κ1) is 54.8. The molecule has 16 nitrogen and oxygen atoms in total. The molecule has 20 heteroatoms. The molecule has 0 aliphatic heterocycles. The van der Waals surface area contributed by atoms with E-state index in [1.807, 2.05) is 0 Å². The van der Waals surface area contributed by atoms with Gasteiger partial charge in [0.2, 0.25) is 0 Å². The molecule has 0 atom stereocenters. The quantitative estimate of drug-likeness (QED) is 0.105. The van der Waals surface area contributed by atoms with Crippen LogP contribution in [0.2, 0.25) is 0 Å². The van der Waals surface area contributed by atoms with Crippen LogP contribution in [-0.2, 0) is 66.7 Å². The summed E-state index contributed by atoms with van der Waals surface area (Å²) in [6.07, 6.45) is 16.7. The molecule has 8 rings (SSSR count). The van der Waals surface area contributed by atoms with Crippen molar-refractivity contribution in [1.82, 2.24) is 0 Å². The Bertz CT molecular complexity index is 2990. The molecule has 0 radical (unpaired) electrons. The molecule has 0 saturated heterocycles. The van der Waals surface area contributed by atoms with E-state index >= 15 is 0 Å². The first-order chi connectivity index (χ1) is 31.7. The van der Waals surface area contributed by atoms with E-state index in [1.165, 1.54) is 22.3 Å². The highest BCUT2D eigenvalue weighted by atomic mass is 32.2. The number of pyridine rings is 4. The average Bonchev–Trinajstić information content (AvgIpc) is 3.28. The lowest BCUT2D eigenvalue weighted by Gasteiger charge is -2.23. The Morgan fingerprint density at radius 1 is 0.324 bits per heavy atom. The summed E-state index contributed by atoms with van der Waals surface area (Å²) in [6.45, 7) is 21.1. The third kappa shape index (κ3) is 14.6. The van der Waals surface area contributed by atoms with Gasteiger partial charge in [0.05, 0.1) is 19.6 Å². The molecule has 362 valence electrons. The summed E-state index contributed by atoms with van der Waals surface area (Å²) in [7, 11) is -21.6. The van der Waals surface area contributed by atoms with Crippen LogP contribution in [0.4, 0.5) is 0 Å². The van der Waals surface area contributed by atoms with Gasteiger partial charge in [0.1, 0.15) is 66.7 Å². The lowest BCUT2D eigenvalue weighted by molar-refractivity contribution is -0.693. The van der Waals surface area contributed by atoms with Crippen LogP contribution in [0.5, 0.6) is 0 Å². The molecule has 4 aromatic carbocycles. The zero-order valence-corrected chi connectivity index (χ0v) is 42.1. The minimum absolute atomic E-state index is 0.336. The van der Waals surface area contributed by atoms with E-state index < -0.39 is 92.4 Å². The van der Waals surface area contributed by atoms with Gasteiger partial charge in [0.15, 0.2) is 49.6 Å². The van der Waals surface area contributed by atoms with E-state index in [0.29, 0.717) is 12.1 Å². The number of aryl methyl sites for hydroxylation is 8. The van der Waals surface area contributed by atoms with Gasteiger partial charge in [0.25, 0.3) is 0 Å². The van der Waals surface area contributed by atoms with Crippen LogP contribution in [-0.4, -0.2) is 51.9 Å². The van der Waals surface area contributed by atoms with E-state index in [0.717, 1.165) is 50.4 Å². The van der Waals surface area contributed by atoms with Gasteiger partial charge in [-0.05, 0) is 101 Å². The summed E-state index contributed by atoms with van der Waals surface area (Å²) in [6, 6.07) is 21.2. The average molecular weight is 1010 g/mol. The fraction of sp³-hybridized carbons (Fsp3) is 0.250. The standard InChI is InChI=1S/C16H10O12S4.4C8H12N/c17-29(18,19)11-5-13(31(23,24)25)9-3-4-10-14(32(26,27)28)6-12(30(20,21)22)8-2-1-7(11)15(9)16(8)10;4*1-3-9-6-4-8(2)5-7-9/h1-6H,(H,17,18,19)(H,20,21,22)(H,23,24,25)(H,26,27,28);4*4-7H,3H2,1-2H3/q;4*+1/p-4. The van der Waals surface area contributed by atoms with E-state index in [2.05, 4.69) is 172 Å². The Balaban J connectivity index is 0.000000225. The van der Waals surface area contributed by atoms with E-state index in [1.54, 1.807) is 0 Å². The van der Waals surface area contributed by atoms with Crippen molar-refractivity contribution in [2.45, 2.75) is 101 Å². The smallest absolute Gasteiger partial charge is 0.169 e. The predicted octanol–water partition coefficient (Wildman–Crippen LogP) is 5.41. The summed E-state index contributed by atoms with van der Waals surface area (Å²) < 4.78 is 150. The maximum Gasteiger partial charge on any atom is 0.169 e. The van der Waals surface area contributed by atoms with Crippen LogP contribution in [0.15, 0.2) is 154 Å². The highest BCUT2D eigenvalue weighted by molar-refractivity contribution is 7.87. The van der Waals surface area contributed by atoms with Gasteiger partial charge in [-0.15, -0.1) is 0 Å². The molecule has 0 aliphatic carbocycles. The minimum atomic E-state index is -5.40. The molecule has 0 amide bonds. The molecule has 0 N–H and O–H groups in total. The first-order valence-electron chi connectivity index (χ1n) is 21.2. The number of benzene rings is 4. The fourth-order valence-corrected chi connectivity index (χ4v) is 9.62. The van der Waals surface area contributed by atoms with Crippen molar-refractivity contribution in [3.8, 4) is 0 Å². The summed E-state index contributed by atoms with van der Waals surface area (Å²) in [5.74, 6) is 0. The van der Waals surface area contributed by atoms with Crippen molar-refractivity contribution < 1.29 is 70.2 Å². The molecular weight excluding hydrogens is 953 g/mol. The van der Waals surface area contributed by atoms with Crippen LogP contribution in [0.25, 0.3) is 32.3 Å². The first-order valence-corrected chi connectivity index (χ1v) is 26.8. The highest BCUT2D eigenvalue weighted by Crippen LogP contribution is 2.44. The Morgan fingerprint density at radius 2 is 0.485 bits per heavy atom. The van der Waals surface area contributed by atoms with Crippen molar-refractivity contribution in [3.63, 3.8) is 0 Å². The number of rotatable bonds is 8. The van der Waals surface area contributed by atoms with Gasteiger partial charge >= 0.3 is 0 Å². The third-order valence-corrected chi connectivity index (χ3v) is 14.0. The Hall–Kier alpha value is -5.84.